The highest BCUT2D eigenvalue weighted by Crippen LogP contribution is 2.32. The number of benzene rings is 2. The first-order chi connectivity index (χ1) is 21.1. The molecule has 1 saturated heterocycles. The lowest BCUT2D eigenvalue weighted by Crippen LogP contribution is -2.39. The summed E-state index contributed by atoms with van der Waals surface area (Å²) in [6, 6.07) is 10.1. The SMILES string of the molecule is CSC(=N)NCC[C@@H]1CCC[C@@H](c2ccc(-n3cc4cc(-c5cc(CCC[C@H](C)N)cc(Cl)c5F)[nH]c4nc3=O)cc2F)N1. The molecule has 0 amide bonds. The van der Waals surface area contributed by atoms with Gasteiger partial charge in [0.15, 0.2) is 11.0 Å². The van der Waals surface area contributed by atoms with Gasteiger partial charge in [-0.15, -0.1) is 0 Å². The molecule has 0 bridgehead atoms. The summed E-state index contributed by atoms with van der Waals surface area (Å²) in [4.78, 5) is 20.2. The molecular formula is C32H38ClF2N7OS. The molecule has 4 aromatic rings. The van der Waals surface area contributed by atoms with Gasteiger partial charge >= 0.3 is 5.69 Å². The minimum atomic E-state index is -0.583. The Bertz CT molecular complexity index is 1710. The first-order valence-electron chi connectivity index (χ1n) is 14.9. The number of H-pyrrole nitrogens is 1. The van der Waals surface area contributed by atoms with Crippen LogP contribution in [0.2, 0.25) is 5.02 Å². The zero-order valence-corrected chi connectivity index (χ0v) is 26.4. The zero-order valence-electron chi connectivity index (χ0n) is 24.9. The summed E-state index contributed by atoms with van der Waals surface area (Å²) in [5.74, 6) is -0.960. The van der Waals surface area contributed by atoms with Gasteiger partial charge in [-0.1, -0.05) is 35.9 Å². The maximum Gasteiger partial charge on any atom is 0.354 e. The lowest BCUT2D eigenvalue weighted by Gasteiger charge is -2.32. The summed E-state index contributed by atoms with van der Waals surface area (Å²) < 4.78 is 31.9. The molecule has 2 aromatic heterocycles. The van der Waals surface area contributed by atoms with Crippen LogP contribution in [0.15, 0.2) is 47.4 Å². The predicted molar refractivity (Wildman–Crippen MR) is 176 cm³/mol. The molecule has 5 rings (SSSR count). The zero-order chi connectivity index (χ0) is 31.4. The number of aromatic amines is 1. The molecule has 3 atom stereocenters. The number of hydrogen-bond donors (Lipinski definition) is 5. The van der Waals surface area contributed by atoms with Crippen LogP contribution in [0.25, 0.3) is 28.0 Å². The van der Waals surface area contributed by atoms with E-state index in [-0.39, 0.29) is 28.7 Å². The Kier molecular flexibility index (Phi) is 10.4. The molecule has 12 heteroatoms. The molecule has 6 N–H and O–H groups in total. The number of hydrogen-bond acceptors (Lipinski definition) is 6. The van der Waals surface area contributed by atoms with Crippen molar-refractivity contribution < 1.29 is 8.78 Å². The van der Waals surface area contributed by atoms with E-state index in [1.165, 1.54) is 22.4 Å². The largest absolute Gasteiger partial charge is 0.365 e. The highest BCUT2D eigenvalue weighted by molar-refractivity contribution is 8.13. The van der Waals surface area contributed by atoms with E-state index in [4.69, 9.17) is 22.7 Å². The van der Waals surface area contributed by atoms with Crippen LogP contribution >= 0.6 is 23.4 Å². The van der Waals surface area contributed by atoms with Crippen molar-refractivity contribution in [1.29, 1.82) is 5.41 Å². The fourth-order valence-corrected chi connectivity index (χ4v) is 6.30. The number of amidine groups is 1. The Morgan fingerprint density at radius 3 is 2.84 bits per heavy atom. The predicted octanol–water partition coefficient (Wildman–Crippen LogP) is 6.44. The average Bonchev–Trinajstić information content (AvgIpc) is 3.40. The molecule has 0 aliphatic carbocycles. The highest BCUT2D eigenvalue weighted by atomic mass is 35.5. The Morgan fingerprint density at radius 1 is 1.27 bits per heavy atom. The molecule has 234 valence electrons. The summed E-state index contributed by atoms with van der Waals surface area (Å²) in [6.45, 7) is 2.63. The molecule has 2 aromatic carbocycles. The van der Waals surface area contributed by atoms with Gasteiger partial charge in [0, 0.05) is 47.4 Å². The van der Waals surface area contributed by atoms with Crippen molar-refractivity contribution in [3.05, 3.63) is 80.9 Å². The maximum atomic E-state index is 15.5. The summed E-state index contributed by atoms with van der Waals surface area (Å²) in [5.41, 5.74) is 8.11. The van der Waals surface area contributed by atoms with Crippen LogP contribution in [0.3, 0.4) is 0 Å². The first-order valence-corrected chi connectivity index (χ1v) is 16.5. The molecule has 0 unspecified atom stereocenters. The van der Waals surface area contributed by atoms with Crippen molar-refractivity contribution in [1.82, 2.24) is 25.2 Å². The van der Waals surface area contributed by atoms with E-state index in [1.54, 1.807) is 36.5 Å². The molecule has 1 fully saturated rings. The van der Waals surface area contributed by atoms with Crippen molar-refractivity contribution in [3.8, 4) is 16.9 Å². The standard InChI is InChI=1S/C32H38ClF2N7OS/c1-18(36)5-3-6-19-13-24(29(35)25(33)14-19)28-15-20-17-42(32(43)41-30(20)40-28)22-9-10-23(26(34)16-22)27-8-4-7-21(39-27)11-12-38-31(37)44-2/h9-10,13-18,21,27,39H,3-8,11-12,36H2,1-2H3,(H2,37,38)(H,40,41,43)/t18-,21-,27-/m0/s1. The number of aryl methyl sites for hydroxylation is 1. The van der Waals surface area contributed by atoms with Crippen LogP contribution in [0, 0.1) is 17.0 Å². The molecule has 1 aliphatic heterocycles. The van der Waals surface area contributed by atoms with Crippen LogP contribution in [-0.2, 0) is 6.42 Å². The van der Waals surface area contributed by atoms with Crippen molar-refractivity contribution in [2.75, 3.05) is 12.8 Å². The third-order valence-electron chi connectivity index (χ3n) is 8.11. The first kappa shape index (κ1) is 32.2. The van der Waals surface area contributed by atoms with Crippen LogP contribution in [0.4, 0.5) is 8.78 Å². The number of halogens is 3. The average molecular weight is 642 g/mol. The fraction of sp³-hybridized carbons (Fsp3) is 0.406. The van der Waals surface area contributed by atoms with E-state index < -0.39 is 17.3 Å². The molecule has 8 nitrogen and oxygen atoms in total. The monoisotopic (exact) mass is 641 g/mol. The quantitative estimate of drug-likeness (QED) is 0.100. The third-order valence-corrected chi connectivity index (χ3v) is 8.94. The number of nitrogens with two attached hydrogens (primary N) is 1. The Labute approximate surface area is 264 Å². The molecule has 0 saturated carbocycles. The minimum absolute atomic E-state index is 0.0200. The second-order valence-corrected chi connectivity index (χ2v) is 12.7. The van der Waals surface area contributed by atoms with Crippen molar-refractivity contribution in [2.24, 2.45) is 5.73 Å². The maximum absolute atomic E-state index is 15.5. The molecule has 1 aliphatic rings. The molecule has 0 radical (unpaired) electrons. The van der Waals surface area contributed by atoms with E-state index in [0.717, 1.165) is 44.1 Å². The van der Waals surface area contributed by atoms with Crippen LogP contribution < -0.4 is 22.1 Å². The number of thioether (sulfide) groups is 1. The summed E-state index contributed by atoms with van der Waals surface area (Å²) in [7, 11) is 0. The Hall–Kier alpha value is -3.25. The van der Waals surface area contributed by atoms with Gasteiger partial charge < -0.3 is 21.4 Å². The van der Waals surface area contributed by atoms with E-state index in [0.29, 0.717) is 46.1 Å². The van der Waals surface area contributed by atoms with Crippen LogP contribution in [0.1, 0.15) is 62.6 Å². The second-order valence-electron chi connectivity index (χ2n) is 11.5. The lowest BCUT2D eigenvalue weighted by atomic mass is 9.91. The van der Waals surface area contributed by atoms with E-state index in [9.17, 15) is 4.79 Å². The summed E-state index contributed by atoms with van der Waals surface area (Å²) in [5, 5.41) is 15.4. The highest BCUT2D eigenvalue weighted by Gasteiger charge is 2.25. The van der Waals surface area contributed by atoms with Crippen LogP contribution in [0.5, 0.6) is 0 Å². The molecule has 44 heavy (non-hydrogen) atoms. The molecular weight excluding hydrogens is 604 g/mol. The minimum Gasteiger partial charge on any atom is -0.365 e. The van der Waals surface area contributed by atoms with Crippen molar-refractivity contribution in [2.45, 2.75) is 70.0 Å². The number of nitrogens with zero attached hydrogens (tertiary/aromatic N) is 2. The fourth-order valence-electron chi connectivity index (χ4n) is 5.81. The van der Waals surface area contributed by atoms with Gasteiger partial charge in [0.1, 0.15) is 11.5 Å². The van der Waals surface area contributed by atoms with E-state index >= 15 is 8.78 Å². The van der Waals surface area contributed by atoms with Crippen LogP contribution in [-0.4, -0.2) is 44.6 Å². The van der Waals surface area contributed by atoms with E-state index in [1.807, 2.05) is 13.2 Å². The van der Waals surface area contributed by atoms with Gasteiger partial charge in [0.25, 0.3) is 0 Å². The van der Waals surface area contributed by atoms with Crippen molar-refractivity contribution >= 4 is 39.6 Å². The molecule has 3 heterocycles. The lowest BCUT2D eigenvalue weighted by molar-refractivity contribution is 0.307. The molecule has 0 spiro atoms. The van der Waals surface area contributed by atoms with Gasteiger partial charge in [-0.2, -0.15) is 4.98 Å². The normalized spacial score (nSPS) is 17.6. The van der Waals surface area contributed by atoms with Crippen molar-refractivity contribution in [3.63, 3.8) is 0 Å². The Balaban J connectivity index is 1.36. The number of piperidine rings is 1. The topological polar surface area (TPSA) is 125 Å². The number of aromatic nitrogens is 3. The van der Waals surface area contributed by atoms with Gasteiger partial charge in [-0.25, -0.2) is 13.6 Å². The summed E-state index contributed by atoms with van der Waals surface area (Å²) in [6.07, 6.45) is 9.46. The number of rotatable bonds is 10. The van der Waals surface area contributed by atoms with Gasteiger partial charge in [-0.3, -0.25) is 9.98 Å². The van der Waals surface area contributed by atoms with E-state index in [2.05, 4.69) is 20.6 Å². The number of fused-ring (bicyclic) bond motifs is 1. The van der Waals surface area contributed by atoms with Gasteiger partial charge in [0.05, 0.1) is 16.4 Å². The Morgan fingerprint density at radius 2 is 2.09 bits per heavy atom. The second kappa shape index (κ2) is 14.2. The number of nitrogens with one attached hydrogen (secondary N) is 4. The van der Waals surface area contributed by atoms with Gasteiger partial charge in [-0.05, 0) is 87.6 Å². The third kappa shape index (κ3) is 7.51. The summed E-state index contributed by atoms with van der Waals surface area (Å²) >= 11 is 7.60. The smallest absolute Gasteiger partial charge is 0.354 e. The van der Waals surface area contributed by atoms with Gasteiger partial charge in [0.2, 0.25) is 0 Å².